The van der Waals surface area contributed by atoms with Crippen LogP contribution in [0.3, 0.4) is 0 Å². The van der Waals surface area contributed by atoms with Gasteiger partial charge in [0.1, 0.15) is 11.5 Å². The fourth-order valence-electron chi connectivity index (χ4n) is 3.15. The van der Waals surface area contributed by atoms with Crippen LogP contribution in [-0.4, -0.2) is 30.1 Å². The van der Waals surface area contributed by atoms with E-state index in [2.05, 4.69) is 39.0 Å². The first-order valence-corrected chi connectivity index (χ1v) is 12.1. The number of para-hydroxylation sites is 1. The zero-order valence-corrected chi connectivity index (χ0v) is 21.1. The van der Waals surface area contributed by atoms with Gasteiger partial charge in [0.25, 0.3) is 11.8 Å². The average Bonchev–Trinajstić information content (AvgIpc) is 2.85. The van der Waals surface area contributed by atoms with Gasteiger partial charge in [-0.1, -0.05) is 62.2 Å². The van der Waals surface area contributed by atoms with Gasteiger partial charge in [0.15, 0.2) is 11.7 Å². The molecule has 0 aliphatic rings. The number of thiocarbonyl (C=S) groups is 1. The lowest BCUT2D eigenvalue weighted by Crippen LogP contribution is -2.49. The molecular weight excluding hydrogens is 518 g/mol. The molecule has 3 aromatic carbocycles. The second-order valence-corrected chi connectivity index (χ2v) is 8.60. The first-order valence-electron chi connectivity index (χ1n) is 10.9. The molecule has 9 heteroatoms. The maximum Gasteiger partial charge on any atom is 0.276 e. The van der Waals surface area contributed by atoms with Crippen molar-refractivity contribution < 1.29 is 19.1 Å². The molecule has 0 bridgehead atoms. The number of hydrogen-bond acceptors (Lipinski definition) is 5. The molecule has 0 saturated heterocycles. The van der Waals surface area contributed by atoms with Gasteiger partial charge in [-0.2, -0.15) is 0 Å². The average molecular weight is 544 g/mol. The topological polar surface area (TPSA) is 88.7 Å². The van der Waals surface area contributed by atoms with Crippen LogP contribution in [-0.2, 0) is 4.79 Å². The minimum atomic E-state index is -0.462. The SMILES string of the molecule is CCCCCOc1ccccc1C(=O)NC(=S)NNC(=O)COc1ccc2ccccc2c1Br. The number of benzene rings is 3. The molecule has 0 saturated carbocycles. The number of carbonyl (C=O) groups is 2. The lowest BCUT2D eigenvalue weighted by Gasteiger charge is -2.14. The van der Waals surface area contributed by atoms with E-state index in [1.54, 1.807) is 30.3 Å². The number of carbonyl (C=O) groups excluding carboxylic acids is 2. The number of nitrogens with one attached hydrogen (secondary N) is 3. The molecule has 7 nitrogen and oxygen atoms in total. The summed E-state index contributed by atoms with van der Waals surface area (Å²) in [5, 5.41) is 4.53. The molecule has 0 heterocycles. The van der Waals surface area contributed by atoms with Crippen molar-refractivity contribution in [3.63, 3.8) is 0 Å². The van der Waals surface area contributed by atoms with Crippen LogP contribution in [0.4, 0.5) is 0 Å². The van der Waals surface area contributed by atoms with Crippen molar-refractivity contribution in [3.05, 3.63) is 70.7 Å². The number of unbranched alkanes of at least 4 members (excludes halogenated alkanes) is 2. The van der Waals surface area contributed by atoms with Crippen LogP contribution in [0.1, 0.15) is 36.5 Å². The molecular formula is C25H26BrN3O4S. The van der Waals surface area contributed by atoms with Crippen molar-refractivity contribution in [2.75, 3.05) is 13.2 Å². The van der Waals surface area contributed by atoms with Crippen LogP contribution in [0.5, 0.6) is 11.5 Å². The molecule has 3 rings (SSSR count). The monoisotopic (exact) mass is 543 g/mol. The van der Waals surface area contributed by atoms with E-state index >= 15 is 0 Å². The quantitative estimate of drug-likeness (QED) is 0.202. The molecule has 0 atom stereocenters. The van der Waals surface area contributed by atoms with Gasteiger partial charge in [-0.05, 0) is 63.5 Å². The maximum atomic E-state index is 12.6. The highest BCUT2D eigenvalue weighted by Crippen LogP contribution is 2.32. The lowest BCUT2D eigenvalue weighted by atomic mass is 10.1. The third-order valence-electron chi connectivity index (χ3n) is 4.87. The fourth-order valence-corrected chi connectivity index (χ4v) is 3.90. The third kappa shape index (κ3) is 7.16. The minimum absolute atomic E-state index is 0.0500. The number of rotatable bonds is 9. The van der Waals surface area contributed by atoms with E-state index < -0.39 is 11.8 Å². The molecule has 0 unspecified atom stereocenters. The summed E-state index contributed by atoms with van der Waals surface area (Å²) in [6, 6.07) is 18.5. The summed E-state index contributed by atoms with van der Waals surface area (Å²) in [6.07, 6.45) is 3.06. The van der Waals surface area contributed by atoms with Gasteiger partial charge in [-0.25, -0.2) is 0 Å². The number of fused-ring (bicyclic) bond motifs is 1. The van der Waals surface area contributed by atoms with Gasteiger partial charge < -0.3 is 9.47 Å². The molecule has 0 fully saturated rings. The summed E-state index contributed by atoms with van der Waals surface area (Å²) in [6.45, 7) is 2.40. The van der Waals surface area contributed by atoms with Crippen LogP contribution >= 0.6 is 28.1 Å². The molecule has 34 heavy (non-hydrogen) atoms. The highest BCUT2D eigenvalue weighted by atomic mass is 79.9. The van der Waals surface area contributed by atoms with Gasteiger partial charge in [0, 0.05) is 0 Å². The summed E-state index contributed by atoms with van der Waals surface area (Å²) in [4.78, 5) is 24.8. The van der Waals surface area contributed by atoms with E-state index in [-0.39, 0.29) is 11.7 Å². The Balaban J connectivity index is 1.46. The molecule has 2 amide bonds. The summed E-state index contributed by atoms with van der Waals surface area (Å²) >= 11 is 8.64. The zero-order valence-electron chi connectivity index (χ0n) is 18.7. The van der Waals surface area contributed by atoms with E-state index in [4.69, 9.17) is 21.7 Å². The van der Waals surface area contributed by atoms with Crippen LogP contribution in [0.2, 0.25) is 0 Å². The van der Waals surface area contributed by atoms with Crippen molar-refractivity contribution >= 4 is 55.8 Å². The molecule has 0 radical (unpaired) electrons. The fraction of sp³-hybridized carbons (Fsp3) is 0.240. The van der Waals surface area contributed by atoms with Crippen molar-refractivity contribution in [2.24, 2.45) is 0 Å². The molecule has 178 valence electrons. The highest BCUT2D eigenvalue weighted by molar-refractivity contribution is 9.10. The number of hydrazine groups is 1. The standard InChI is InChI=1S/C25H26BrN3O4S/c1-2-3-8-15-32-20-12-7-6-11-19(20)24(31)27-25(34)29-28-22(30)16-33-21-14-13-17-9-4-5-10-18(17)23(21)26/h4-7,9-14H,2-3,8,15-16H2,1H3,(H,28,30)(H2,27,29,31,34). The lowest BCUT2D eigenvalue weighted by molar-refractivity contribution is -0.123. The predicted molar refractivity (Wildman–Crippen MR) is 140 cm³/mol. The Labute approximate surface area is 212 Å². The van der Waals surface area contributed by atoms with Crippen LogP contribution in [0, 0.1) is 0 Å². The predicted octanol–water partition coefficient (Wildman–Crippen LogP) is 4.89. The molecule has 0 spiro atoms. The van der Waals surface area contributed by atoms with Gasteiger partial charge in [0.05, 0.1) is 16.6 Å². The number of ether oxygens (including phenoxy) is 2. The zero-order chi connectivity index (χ0) is 24.3. The van der Waals surface area contributed by atoms with Gasteiger partial charge in [-0.3, -0.25) is 25.8 Å². The van der Waals surface area contributed by atoms with Gasteiger partial charge in [-0.15, -0.1) is 0 Å². The Morgan fingerprint density at radius 1 is 0.912 bits per heavy atom. The number of hydrogen-bond donors (Lipinski definition) is 3. The van der Waals surface area contributed by atoms with E-state index in [1.807, 2.05) is 30.3 Å². The van der Waals surface area contributed by atoms with E-state index in [1.165, 1.54) is 0 Å². The second-order valence-electron chi connectivity index (χ2n) is 7.40. The first kappa shape index (κ1) is 25.5. The van der Waals surface area contributed by atoms with Crippen molar-refractivity contribution in [1.29, 1.82) is 0 Å². The molecule has 0 aliphatic carbocycles. The minimum Gasteiger partial charge on any atom is -0.493 e. The Morgan fingerprint density at radius 2 is 1.68 bits per heavy atom. The van der Waals surface area contributed by atoms with Crippen LogP contribution < -0.4 is 25.6 Å². The van der Waals surface area contributed by atoms with Crippen LogP contribution in [0.15, 0.2) is 65.1 Å². The highest BCUT2D eigenvalue weighted by Gasteiger charge is 2.14. The molecule has 3 aromatic rings. The Kier molecular flexibility index (Phi) is 9.66. The van der Waals surface area contributed by atoms with Crippen molar-refractivity contribution in [3.8, 4) is 11.5 Å². The Hall–Kier alpha value is -3.17. The van der Waals surface area contributed by atoms with Crippen LogP contribution in [0.25, 0.3) is 10.8 Å². The van der Waals surface area contributed by atoms with Crippen molar-refractivity contribution in [1.82, 2.24) is 16.2 Å². The largest absolute Gasteiger partial charge is 0.493 e. The summed E-state index contributed by atoms with van der Waals surface area (Å²) in [5.74, 6) is 0.128. The Bertz CT molecular complexity index is 1170. The second kappa shape index (κ2) is 12.9. The van der Waals surface area contributed by atoms with E-state index in [0.29, 0.717) is 23.7 Å². The summed E-state index contributed by atoms with van der Waals surface area (Å²) < 4.78 is 12.1. The first-order chi connectivity index (χ1) is 16.5. The van der Waals surface area contributed by atoms with E-state index in [9.17, 15) is 9.59 Å². The van der Waals surface area contributed by atoms with Gasteiger partial charge >= 0.3 is 0 Å². The molecule has 0 aliphatic heterocycles. The summed E-state index contributed by atoms with van der Waals surface area (Å²) in [7, 11) is 0. The van der Waals surface area contributed by atoms with Gasteiger partial charge in [0.2, 0.25) is 0 Å². The Morgan fingerprint density at radius 3 is 2.50 bits per heavy atom. The molecule has 3 N–H and O–H groups in total. The maximum absolute atomic E-state index is 12.6. The molecule has 0 aromatic heterocycles. The summed E-state index contributed by atoms with van der Waals surface area (Å²) in [5.41, 5.74) is 5.28. The number of amides is 2. The normalized spacial score (nSPS) is 10.4. The van der Waals surface area contributed by atoms with E-state index in [0.717, 1.165) is 34.5 Å². The third-order valence-corrected chi connectivity index (χ3v) is 5.89. The number of halogens is 1. The smallest absolute Gasteiger partial charge is 0.276 e. The van der Waals surface area contributed by atoms with Crippen molar-refractivity contribution in [2.45, 2.75) is 26.2 Å².